The van der Waals surface area contributed by atoms with E-state index in [1.807, 2.05) is 6.07 Å². The first kappa shape index (κ1) is 11.7. The topological polar surface area (TPSA) is 33.1 Å². The number of pyridine rings is 1. The number of aliphatic hydroxyl groups excluding tert-OH is 1. The van der Waals surface area contributed by atoms with E-state index in [2.05, 4.69) is 48.7 Å². The first-order valence-corrected chi connectivity index (χ1v) is 5.62. The van der Waals surface area contributed by atoms with Crippen molar-refractivity contribution in [2.75, 3.05) is 0 Å². The second kappa shape index (κ2) is 5.50. The highest BCUT2D eigenvalue weighted by Crippen LogP contribution is 2.25. The van der Waals surface area contributed by atoms with E-state index in [0.29, 0.717) is 12.1 Å². The smallest absolute Gasteiger partial charge is 0.108 e. The molecule has 74 valence electrons. The van der Waals surface area contributed by atoms with Crippen LogP contribution >= 0.6 is 31.9 Å². The summed E-state index contributed by atoms with van der Waals surface area (Å²) < 4.78 is 1.67. The normalized spacial score (nSPS) is 11.7. The minimum atomic E-state index is -0.634. The van der Waals surface area contributed by atoms with Crippen molar-refractivity contribution in [3.63, 3.8) is 0 Å². The van der Waals surface area contributed by atoms with Crippen LogP contribution in [0, 0.1) is 11.8 Å². The molecule has 0 amide bonds. The largest absolute Gasteiger partial charge is 0.386 e. The third-order valence-corrected chi connectivity index (χ3v) is 2.69. The fraction of sp³-hybridized carbons (Fsp3) is 0.300. The second-order valence-corrected chi connectivity index (χ2v) is 4.44. The molecule has 0 aliphatic heterocycles. The molecule has 0 saturated carbocycles. The highest BCUT2D eigenvalue weighted by molar-refractivity contribution is 9.11. The van der Waals surface area contributed by atoms with Gasteiger partial charge in [0, 0.05) is 21.6 Å². The molecule has 1 unspecified atom stereocenters. The Morgan fingerprint density at radius 1 is 1.57 bits per heavy atom. The molecular weight excluding hydrogens is 310 g/mol. The lowest BCUT2D eigenvalue weighted by Crippen LogP contribution is -2.00. The lowest BCUT2D eigenvalue weighted by atomic mass is 10.2. The Labute approximate surface area is 100 Å². The number of rotatable bonds is 2. The molecule has 1 aromatic rings. The molecular formula is C10H9Br2NO. The summed E-state index contributed by atoms with van der Waals surface area (Å²) in [5.41, 5.74) is 0.621. The summed E-state index contributed by atoms with van der Waals surface area (Å²) in [5, 5.41) is 9.71. The van der Waals surface area contributed by atoms with Crippen molar-refractivity contribution in [2.24, 2.45) is 0 Å². The monoisotopic (exact) mass is 317 g/mol. The summed E-state index contributed by atoms with van der Waals surface area (Å²) in [6, 6.07) is 1.85. The van der Waals surface area contributed by atoms with Crippen LogP contribution in [0.4, 0.5) is 0 Å². The molecule has 0 aliphatic carbocycles. The van der Waals surface area contributed by atoms with Crippen LogP contribution in [-0.2, 0) is 0 Å². The molecule has 0 saturated heterocycles. The number of hydrogen-bond donors (Lipinski definition) is 1. The number of hydrogen-bond acceptors (Lipinski definition) is 2. The molecule has 1 rings (SSSR count). The van der Waals surface area contributed by atoms with Crippen molar-refractivity contribution >= 4 is 31.9 Å². The van der Waals surface area contributed by atoms with E-state index in [1.54, 1.807) is 13.1 Å². The second-order valence-electron chi connectivity index (χ2n) is 2.67. The first-order valence-electron chi connectivity index (χ1n) is 4.03. The van der Waals surface area contributed by atoms with Gasteiger partial charge in [-0.15, -0.1) is 11.8 Å². The highest BCUT2D eigenvalue weighted by atomic mass is 79.9. The predicted molar refractivity (Wildman–Crippen MR) is 62.7 cm³/mol. The summed E-state index contributed by atoms with van der Waals surface area (Å²) in [6.45, 7) is 1.75. The Morgan fingerprint density at radius 3 is 2.86 bits per heavy atom. The molecule has 14 heavy (non-hydrogen) atoms. The highest BCUT2D eigenvalue weighted by Gasteiger charge is 2.11. The van der Waals surface area contributed by atoms with E-state index in [4.69, 9.17) is 0 Å². The summed E-state index contributed by atoms with van der Waals surface area (Å²) >= 11 is 6.63. The van der Waals surface area contributed by atoms with E-state index in [9.17, 15) is 5.11 Å². The maximum Gasteiger partial charge on any atom is 0.108 e. The SMILES string of the molecule is CC#CCC(O)c1ncc(Br)cc1Br. The van der Waals surface area contributed by atoms with Crippen molar-refractivity contribution in [3.8, 4) is 11.8 Å². The van der Waals surface area contributed by atoms with Crippen LogP contribution in [0.1, 0.15) is 25.1 Å². The quantitative estimate of drug-likeness (QED) is 0.850. The standard InChI is InChI=1S/C10H9Br2NO/c1-2-3-4-9(14)10-8(12)5-7(11)6-13-10/h5-6,9,14H,4H2,1H3. The Hall–Kier alpha value is -0.370. The van der Waals surface area contributed by atoms with Crippen molar-refractivity contribution in [2.45, 2.75) is 19.4 Å². The summed E-state index contributed by atoms with van der Waals surface area (Å²) in [6.07, 6.45) is 1.43. The van der Waals surface area contributed by atoms with Crippen LogP contribution in [0.2, 0.25) is 0 Å². The van der Waals surface area contributed by atoms with Gasteiger partial charge in [0.2, 0.25) is 0 Å². The predicted octanol–water partition coefficient (Wildman–Crippen LogP) is 3.05. The number of aromatic nitrogens is 1. The van der Waals surface area contributed by atoms with Crippen LogP contribution in [0.25, 0.3) is 0 Å². The maximum absolute atomic E-state index is 9.71. The van der Waals surface area contributed by atoms with Gasteiger partial charge in [0.1, 0.15) is 6.10 Å². The van der Waals surface area contributed by atoms with Gasteiger partial charge in [-0.25, -0.2) is 0 Å². The van der Waals surface area contributed by atoms with Crippen LogP contribution in [0.5, 0.6) is 0 Å². The number of halogens is 2. The molecule has 1 aromatic heterocycles. The van der Waals surface area contributed by atoms with Crippen LogP contribution in [0.15, 0.2) is 21.2 Å². The molecule has 2 nitrogen and oxygen atoms in total. The minimum Gasteiger partial charge on any atom is -0.386 e. The van der Waals surface area contributed by atoms with E-state index in [0.717, 1.165) is 8.95 Å². The van der Waals surface area contributed by atoms with Gasteiger partial charge < -0.3 is 5.11 Å². The molecule has 1 atom stereocenters. The fourth-order valence-electron chi connectivity index (χ4n) is 0.966. The zero-order valence-corrected chi connectivity index (χ0v) is 10.8. The van der Waals surface area contributed by atoms with Crippen molar-refractivity contribution < 1.29 is 5.11 Å². The summed E-state index contributed by atoms with van der Waals surface area (Å²) in [7, 11) is 0. The lowest BCUT2D eigenvalue weighted by molar-refractivity contribution is 0.178. The number of nitrogens with zero attached hydrogens (tertiary/aromatic N) is 1. The molecule has 0 aliphatic rings. The van der Waals surface area contributed by atoms with Crippen LogP contribution < -0.4 is 0 Å². The summed E-state index contributed by atoms with van der Waals surface area (Å²) in [5.74, 6) is 5.55. The van der Waals surface area contributed by atoms with E-state index in [-0.39, 0.29) is 0 Å². The molecule has 1 N–H and O–H groups in total. The molecule has 0 fully saturated rings. The summed E-state index contributed by atoms with van der Waals surface area (Å²) in [4.78, 5) is 4.12. The van der Waals surface area contributed by atoms with Gasteiger partial charge in [-0.1, -0.05) is 0 Å². The molecule has 0 aromatic carbocycles. The lowest BCUT2D eigenvalue weighted by Gasteiger charge is -2.08. The third kappa shape index (κ3) is 3.09. The Morgan fingerprint density at radius 2 is 2.29 bits per heavy atom. The van der Waals surface area contributed by atoms with Gasteiger partial charge in [0.05, 0.1) is 5.69 Å². The van der Waals surface area contributed by atoms with Gasteiger partial charge in [0.15, 0.2) is 0 Å². The Bertz CT molecular complexity index is 381. The average Bonchev–Trinajstić information content (AvgIpc) is 2.14. The minimum absolute atomic E-state index is 0.406. The van der Waals surface area contributed by atoms with Gasteiger partial charge in [-0.2, -0.15) is 0 Å². The first-order chi connectivity index (χ1) is 6.65. The van der Waals surface area contributed by atoms with Crippen molar-refractivity contribution in [3.05, 3.63) is 26.9 Å². The van der Waals surface area contributed by atoms with E-state index < -0.39 is 6.10 Å². The van der Waals surface area contributed by atoms with Gasteiger partial charge in [0.25, 0.3) is 0 Å². The van der Waals surface area contributed by atoms with E-state index in [1.165, 1.54) is 0 Å². The van der Waals surface area contributed by atoms with Crippen LogP contribution in [-0.4, -0.2) is 10.1 Å². The molecule has 4 heteroatoms. The fourth-order valence-corrected chi connectivity index (χ4v) is 2.22. The zero-order valence-electron chi connectivity index (χ0n) is 7.59. The molecule has 1 heterocycles. The number of aliphatic hydroxyl groups is 1. The van der Waals surface area contributed by atoms with Crippen molar-refractivity contribution in [1.82, 2.24) is 4.98 Å². The molecule has 0 spiro atoms. The molecule has 0 radical (unpaired) electrons. The van der Waals surface area contributed by atoms with E-state index >= 15 is 0 Å². The zero-order chi connectivity index (χ0) is 10.6. The third-order valence-electron chi connectivity index (χ3n) is 1.62. The van der Waals surface area contributed by atoms with Gasteiger partial charge >= 0.3 is 0 Å². The average molecular weight is 319 g/mol. The Kier molecular flexibility index (Phi) is 4.59. The Balaban J connectivity index is 2.88. The van der Waals surface area contributed by atoms with Crippen molar-refractivity contribution in [1.29, 1.82) is 0 Å². The maximum atomic E-state index is 9.71. The van der Waals surface area contributed by atoms with Gasteiger partial charge in [-0.05, 0) is 44.8 Å². The van der Waals surface area contributed by atoms with Gasteiger partial charge in [-0.3, -0.25) is 4.98 Å². The molecule has 0 bridgehead atoms. The van der Waals surface area contributed by atoms with Crippen LogP contribution in [0.3, 0.4) is 0 Å².